The van der Waals surface area contributed by atoms with E-state index in [2.05, 4.69) is 32.0 Å². The van der Waals surface area contributed by atoms with Gasteiger partial charge in [0, 0.05) is 11.5 Å². The first kappa shape index (κ1) is 11.8. The molecule has 0 radical (unpaired) electrons. The van der Waals surface area contributed by atoms with Gasteiger partial charge >= 0.3 is 0 Å². The van der Waals surface area contributed by atoms with Gasteiger partial charge in [0.2, 0.25) is 0 Å². The number of aromatic nitrogens is 2. The molecule has 86 valence electrons. The van der Waals surface area contributed by atoms with Gasteiger partial charge in [-0.25, -0.2) is 9.97 Å². The van der Waals surface area contributed by atoms with E-state index in [1.165, 1.54) is 37.7 Å². The quantitative estimate of drug-likeness (QED) is 0.787. The van der Waals surface area contributed by atoms with Crippen molar-refractivity contribution in [3.05, 3.63) is 29.9 Å². The first-order valence-electron chi connectivity index (χ1n) is 5.92. The molecule has 1 aliphatic carbocycles. The van der Waals surface area contributed by atoms with Crippen LogP contribution in [-0.4, -0.2) is 15.3 Å². The van der Waals surface area contributed by atoms with Crippen LogP contribution in [0.4, 0.5) is 0 Å². The van der Waals surface area contributed by atoms with Gasteiger partial charge in [-0.2, -0.15) is 0 Å². The van der Waals surface area contributed by atoms with Crippen LogP contribution in [0.15, 0.2) is 24.2 Å². The normalized spacial score (nSPS) is 18.7. The average Bonchev–Trinajstić information content (AvgIpc) is 2.38. The van der Waals surface area contributed by atoms with E-state index < -0.39 is 0 Å². The topological polar surface area (TPSA) is 25.8 Å². The summed E-state index contributed by atoms with van der Waals surface area (Å²) in [6.45, 7) is 0. The lowest BCUT2D eigenvalue weighted by Gasteiger charge is -2.23. The minimum Gasteiger partial charge on any atom is -0.245 e. The van der Waals surface area contributed by atoms with E-state index in [1.807, 2.05) is 6.07 Å². The minimum atomic E-state index is 0.753. The third-order valence-electron chi connectivity index (χ3n) is 3.22. The zero-order valence-electron chi connectivity index (χ0n) is 9.40. The molecule has 0 bridgehead atoms. The van der Waals surface area contributed by atoms with Crippen molar-refractivity contribution in [1.29, 1.82) is 0 Å². The highest BCUT2D eigenvalue weighted by Crippen LogP contribution is 2.31. The highest BCUT2D eigenvalue weighted by atomic mass is 79.9. The number of alkyl halides is 1. The maximum Gasteiger partial charge on any atom is 0.115 e. The van der Waals surface area contributed by atoms with Crippen LogP contribution in [0, 0.1) is 5.92 Å². The number of nitrogens with zero attached hydrogens (tertiary/aromatic N) is 2. The first-order valence-corrected chi connectivity index (χ1v) is 7.05. The molecule has 0 unspecified atom stereocenters. The van der Waals surface area contributed by atoms with Crippen LogP contribution in [0.5, 0.6) is 0 Å². The predicted molar refractivity (Wildman–Crippen MR) is 70.4 cm³/mol. The number of hydrogen-bond acceptors (Lipinski definition) is 2. The summed E-state index contributed by atoms with van der Waals surface area (Å²) in [5.41, 5.74) is 2.51. The SMILES string of the molecule is BrCC(=Cc1ccncn1)C1CCCCC1. The van der Waals surface area contributed by atoms with Gasteiger partial charge in [0.1, 0.15) is 6.33 Å². The van der Waals surface area contributed by atoms with Crippen molar-refractivity contribution in [3.8, 4) is 0 Å². The minimum absolute atomic E-state index is 0.753. The molecule has 1 saturated carbocycles. The van der Waals surface area contributed by atoms with Crippen LogP contribution in [0.2, 0.25) is 0 Å². The van der Waals surface area contributed by atoms with Crippen molar-refractivity contribution in [1.82, 2.24) is 9.97 Å². The Bertz CT molecular complexity index is 342. The summed E-state index contributed by atoms with van der Waals surface area (Å²) in [6, 6.07) is 1.96. The average molecular weight is 281 g/mol. The molecule has 2 rings (SSSR count). The zero-order valence-corrected chi connectivity index (χ0v) is 11.0. The van der Waals surface area contributed by atoms with E-state index in [9.17, 15) is 0 Å². The molecule has 16 heavy (non-hydrogen) atoms. The number of rotatable bonds is 3. The Morgan fingerprint density at radius 3 is 2.81 bits per heavy atom. The Kier molecular flexibility index (Phi) is 4.52. The molecule has 0 aliphatic heterocycles. The van der Waals surface area contributed by atoms with Crippen LogP contribution in [0.1, 0.15) is 37.8 Å². The monoisotopic (exact) mass is 280 g/mol. The highest BCUT2D eigenvalue weighted by molar-refractivity contribution is 9.09. The number of halogens is 1. The molecule has 0 N–H and O–H groups in total. The first-order chi connectivity index (χ1) is 7.90. The summed E-state index contributed by atoms with van der Waals surface area (Å²) in [5.74, 6) is 0.753. The maximum absolute atomic E-state index is 4.25. The standard InChI is InChI=1S/C13H17BrN2/c14-9-12(11-4-2-1-3-5-11)8-13-6-7-15-10-16-13/h6-8,10-11H,1-5,9H2. The van der Waals surface area contributed by atoms with Crippen molar-refractivity contribution in [2.24, 2.45) is 5.92 Å². The summed E-state index contributed by atoms with van der Waals surface area (Å²) >= 11 is 3.60. The summed E-state index contributed by atoms with van der Waals surface area (Å²) in [5, 5.41) is 0.960. The van der Waals surface area contributed by atoms with Crippen LogP contribution in [0.25, 0.3) is 6.08 Å². The second-order valence-corrected chi connectivity index (χ2v) is 4.88. The Morgan fingerprint density at radius 1 is 1.38 bits per heavy atom. The van der Waals surface area contributed by atoms with E-state index >= 15 is 0 Å². The zero-order chi connectivity index (χ0) is 11.2. The fourth-order valence-corrected chi connectivity index (χ4v) is 2.93. The molecule has 0 spiro atoms. The second-order valence-electron chi connectivity index (χ2n) is 4.32. The van der Waals surface area contributed by atoms with Gasteiger partial charge < -0.3 is 0 Å². The smallest absolute Gasteiger partial charge is 0.115 e. The van der Waals surface area contributed by atoms with Gasteiger partial charge in [0.05, 0.1) is 5.69 Å². The van der Waals surface area contributed by atoms with E-state index in [0.717, 1.165) is 16.9 Å². The van der Waals surface area contributed by atoms with Gasteiger partial charge in [-0.1, -0.05) is 40.8 Å². The molecule has 2 nitrogen and oxygen atoms in total. The molecule has 1 aromatic heterocycles. The lowest BCUT2D eigenvalue weighted by atomic mass is 9.84. The molecule has 1 aliphatic rings. The Morgan fingerprint density at radius 2 is 2.19 bits per heavy atom. The molecule has 1 heterocycles. The molecule has 0 aromatic carbocycles. The largest absolute Gasteiger partial charge is 0.245 e. The summed E-state index contributed by atoms with van der Waals surface area (Å²) in [7, 11) is 0. The fraction of sp³-hybridized carbons (Fsp3) is 0.538. The van der Waals surface area contributed by atoms with E-state index in [1.54, 1.807) is 12.5 Å². The second kappa shape index (κ2) is 6.14. The van der Waals surface area contributed by atoms with Gasteiger partial charge in [0.15, 0.2) is 0 Å². The lowest BCUT2D eigenvalue weighted by molar-refractivity contribution is 0.405. The van der Waals surface area contributed by atoms with Gasteiger partial charge in [0.25, 0.3) is 0 Å². The Hall–Kier alpha value is -0.700. The molecule has 0 atom stereocenters. The summed E-state index contributed by atoms with van der Waals surface area (Å²) in [6.07, 6.45) is 12.4. The van der Waals surface area contributed by atoms with E-state index in [-0.39, 0.29) is 0 Å². The van der Waals surface area contributed by atoms with Gasteiger partial charge in [-0.05, 0) is 30.9 Å². The third kappa shape index (κ3) is 3.14. The predicted octanol–water partition coefficient (Wildman–Crippen LogP) is 3.84. The van der Waals surface area contributed by atoms with Gasteiger partial charge in [-0.15, -0.1) is 0 Å². The van der Waals surface area contributed by atoms with Crippen molar-refractivity contribution in [2.75, 3.05) is 5.33 Å². The van der Waals surface area contributed by atoms with Crippen LogP contribution < -0.4 is 0 Å². The molecule has 1 aromatic rings. The van der Waals surface area contributed by atoms with Crippen LogP contribution in [-0.2, 0) is 0 Å². The molecular formula is C13H17BrN2. The van der Waals surface area contributed by atoms with Crippen molar-refractivity contribution >= 4 is 22.0 Å². The number of allylic oxidation sites excluding steroid dienone is 1. The summed E-state index contributed by atoms with van der Waals surface area (Å²) < 4.78 is 0. The third-order valence-corrected chi connectivity index (χ3v) is 3.87. The lowest BCUT2D eigenvalue weighted by Crippen LogP contribution is -2.10. The van der Waals surface area contributed by atoms with E-state index in [4.69, 9.17) is 0 Å². The molecular weight excluding hydrogens is 264 g/mol. The Labute approximate surface area is 105 Å². The maximum atomic E-state index is 4.25. The Balaban J connectivity index is 2.12. The van der Waals surface area contributed by atoms with Gasteiger partial charge in [-0.3, -0.25) is 0 Å². The fourth-order valence-electron chi connectivity index (χ4n) is 2.32. The molecule has 0 amide bonds. The molecule has 1 fully saturated rings. The molecule has 3 heteroatoms. The van der Waals surface area contributed by atoms with Crippen molar-refractivity contribution in [2.45, 2.75) is 32.1 Å². The molecule has 0 saturated heterocycles. The summed E-state index contributed by atoms with van der Waals surface area (Å²) in [4.78, 5) is 8.19. The highest BCUT2D eigenvalue weighted by Gasteiger charge is 2.16. The van der Waals surface area contributed by atoms with Crippen molar-refractivity contribution in [3.63, 3.8) is 0 Å². The van der Waals surface area contributed by atoms with E-state index in [0.29, 0.717) is 0 Å². The van der Waals surface area contributed by atoms with Crippen LogP contribution in [0.3, 0.4) is 0 Å². The number of hydrogen-bond donors (Lipinski definition) is 0. The van der Waals surface area contributed by atoms with Crippen LogP contribution >= 0.6 is 15.9 Å². The van der Waals surface area contributed by atoms with Crippen molar-refractivity contribution < 1.29 is 0 Å².